The fourth-order valence-corrected chi connectivity index (χ4v) is 4.03. The number of carboxylic acids is 1. The monoisotopic (exact) mass is 521 g/mol. The Morgan fingerprint density at radius 2 is 1.88 bits per heavy atom. The molecule has 0 amide bonds. The molecule has 0 radical (unpaired) electrons. The molecular weight excluding hydrogens is 498 g/mol. The number of hydrogen-bond donors (Lipinski definition) is 3. The van der Waals surface area contributed by atoms with Crippen molar-refractivity contribution < 1.29 is 14.6 Å². The van der Waals surface area contributed by atoms with Crippen LogP contribution in [0.3, 0.4) is 0 Å². The van der Waals surface area contributed by atoms with Crippen LogP contribution in [0.25, 0.3) is 21.8 Å². The van der Waals surface area contributed by atoms with Crippen LogP contribution in [0.2, 0.25) is 0 Å². The Hall–Kier alpha value is -3.72. The van der Waals surface area contributed by atoms with E-state index in [-0.39, 0.29) is 0 Å². The van der Waals surface area contributed by atoms with Gasteiger partial charge in [-0.25, -0.2) is 0 Å². The molecule has 8 nitrogen and oxygen atoms in total. The van der Waals surface area contributed by atoms with Crippen molar-refractivity contribution in [2.45, 2.75) is 12.8 Å². The first kappa shape index (κ1) is 23.4. The average Bonchev–Trinajstić information content (AvgIpc) is 3.38. The molecule has 34 heavy (non-hydrogen) atoms. The van der Waals surface area contributed by atoms with Gasteiger partial charge in [0.05, 0.1) is 35.2 Å². The summed E-state index contributed by atoms with van der Waals surface area (Å²) in [5, 5.41) is 17.4. The third-order valence-corrected chi connectivity index (χ3v) is 6.25. The van der Waals surface area contributed by atoms with Gasteiger partial charge in [-0.05, 0) is 63.5 Å². The Labute approximate surface area is 205 Å². The van der Waals surface area contributed by atoms with Crippen molar-refractivity contribution in [3.8, 4) is 5.75 Å². The highest BCUT2D eigenvalue weighted by atomic mass is 79.9. The number of halogens is 1. The number of methoxy groups -OCH3 is 1. The van der Waals surface area contributed by atoms with Gasteiger partial charge in [0, 0.05) is 18.9 Å². The standard InChI is InChI=1S/C14H14O3.C11H10BrN5/c1-9(14(15)16)10-3-4-12-8-13(17-2)6-5-11(12)7-10;12-9-7(17-11-15-5-6-16-11)1-2-8-10(9)14-4-3-13-8/h3-9H,1-2H3,(H,15,16);1-4H,5-6H2,(H2,15,16,17)/t9-;/m0./s1. The lowest BCUT2D eigenvalue weighted by Crippen LogP contribution is -2.26. The minimum Gasteiger partial charge on any atom is -0.497 e. The van der Waals surface area contributed by atoms with Crippen LogP contribution in [-0.4, -0.2) is 47.2 Å². The summed E-state index contributed by atoms with van der Waals surface area (Å²) < 4.78 is 6.05. The first-order valence-electron chi connectivity index (χ1n) is 10.7. The van der Waals surface area contributed by atoms with Crippen LogP contribution in [0.1, 0.15) is 18.4 Å². The number of aliphatic carboxylic acids is 1. The Balaban J connectivity index is 0.000000161. The van der Waals surface area contributed by atoms with Crippen LogP contribution in [-0.2, 0) is 4.79 Å². The second-order valence-corrected chi connectivity index (χ2v) is 8.46. The van der Waals surface area contributed by atoms with Gasteiger partial charge < -0.3 is 20.5 Å². The lowest BCUT2D eigenvalue weighted by molar-refractivity contribution is -0.138. The second-order valence-electron chi connectivity index (χ2n) is 7.67. The molecule has 5 rings (SSSR count). The summed E-state index contributed by atoms with van der Waals surface area (Å²) in [6.45, 7) is 3.38. The fourth-order valence-electron chi connectivity index (χ4n) is 3.49. The van der Waals surface area contributed by atoms with E-state index < -0.39 is 11.9 Å². The molecule has 174 valence electrons. The zero-order valence-electron chi connectivity index (χ0n) is 18.7. The van der Waals surface area contributed by atoms with E-state index in [1.165, 1.54) is 0 Å². The van der Waals surface area contributed by atoms with Crippen LogP contribution >= 0.6 is 15.9 Å². The molecule has 0 fully saturated rings. The van der Waals surface area contributed by atoms with E-state index in [1.54, 1.807) is 26.4 Å². The van der Waals surface area contributed by atoms with Gasteiger partial charge in [0.25, 0.3) is 0 Å². The van der Waals surface area contributed by atoms with Crippen molar-refractivity contribution in [3.05, 3.63) is 71.0 Å². The maximum Gasteiger partial charge on any atom is 0.310 e. The summed E-state index contributed by atoms with van der Waals surface area (Å²) in [4.78, 5) is 23.8. The van der Waals surface area contributed by atoms with Gasteiger partial charge in [-0.15, -0.1) is 0 Å². The zero-order chi connectivity index (χ0) is 24.1. The number of nitrogens with one attached hydrogen (secondary N) is 2. The largest absolute Gasteiger partial charge is 0.497 e. The molecule has 0 saturated carbocycles. The van der Waals surface area contributed by atoms with Gasteiger partial charge in [-0.2, -0.15) is 0 Å². The number of carboxylic acid groups (broad SMARTS) is 1. The van der Waals surface area contributed by atoms with Gasteiger partial charge in [0.2, 0.25) is 0 Å². The summed E-state index contributed by atoms with van der Waals surface area (Å²) in [7, 11) is 1.63. The van der Waals surface area contributed by atoms with E-state index in [4.69, 9.17) is 9.84 Å². The lowest BCUT2D eigenvalue weighted by Gasteiger charge is -2.09. The van der Waals surface area contributed by atoms with Crippen LogP contribution < -0.4 is 15.4 Å². The molecule has 1 atom stereocenters. The number of nitrogens with zero attached hydrogens (tertiary/aromatic N) is 3. The van der Waals surface area contributed by atoms with E-state index in [2.05, 4.69) is 41.5 Å². The van der Waals surface area contributed by atoms with Crippen molar-refractivity contribution in [1.82, 2.24) is 15.3 Å². The van der Waals surface area contributed by atoms with E-state index in [9.17, 15) is 4.79 Å². The Bertz CT molecular complexity index is 1380. The number of guanidine groups is 1. The number of benzene rings is 3. The SMILES string of the molecule is Brc1c(NC2=NCCN2)ccc2nccnc12.COc1ccc2cc([C@H](C)C(=O)O)ccc2c1. The predicted molar refractivity (Wildman–Crippen MR) is 138 cm³/mol. The van der Waals surface area contributed by atoms with Crippen LogP contribution in [0.5, 0.6) is 5.75 Å². The number of aromatic nitrogens is 2. The molecule has 0 unspecified atom stereocenters. The van der Waals surface area contributed by atoms with Gasteiger partial charge in [0.1, 0.15) is 11.3 Å². The minimum absolute atomic E-state index is 0.485. The Morgan fingerprint density at radius 1 is 1.12 bits per heavy atom. The third kappa shape index (κ3) is 5.26. The number of aliphatic imine (C=N–C) groups is 1. The number of carbonyl (C=O) groups is 1. The molecule has 3 N–H and O–H groups in total. The molecule has 0 spiro atoms. The number of hydrogen-bond acceptors (Lipinski definition) is 7. The van der Waals surface area contributed by atoms with Crippen molar-refractivity contribution in [1.29, 1.82) is 0 Å². The second kappa shape index (κ2) is 10.5. The summed E-state index contributed by atoms with van der Waals surface area (Å²) >= 11 is 3.54. The van der Waals surface area contributed by atoms with Gasteiger partial charge in [-0.3, -0.25) is 19.8 Å². The maximum absolute atomic E-state index is 10.9. The number of anilines is 1. The molecule has 4 aromatic rings. The summed E-state index contributed by atoms with van der Waals surface area (Å²) in [5.41, 5.74) is 3.46. The normalized spacial score (nSPS) is 13.4. The molecule has 2 heterocycles. The lowest BCUT2D eigenvalue weighted by atomic mass is 9.98. The average molecular weight is 522 g/mol. The van der Waals surface area contributed by atoms with Crippen LogP contribution in [0, 0.1) is 0 Å². The molecule has 0 aliphatic carbocycles. The molecule has 3 aromatic carbocycles. The molecule has 1 aliphatic rings. The molecule has 0 saturated heterocycles. The highest BCUT2D eigenvalue weighted by molar-refractivity contribution is 9.10. The summed E-state index contributed by atoms with van der Waals surface area (Å²) in [6, 6.07) is 15.3. The maximum atomic E-state index is 10.9. The van der Waals surface area contributed by atoms with Crippen molar-refractivity contribution >= 4 is 55.4 Å². The Morgan fingerprint density at radius 3 is 2.62 bits per heavy atom. The summed E-state index contributed by atoms with van der Waals surface area (Å²) in [5.74, 6) is 0.310. The van der Waals surface area contributed by atoms with Gasteiger partial charge >= 0.3 is 5.97 Å². The molecule has 1 aliphatic heterocycles. The molecule has 9 heteroatoms. The predicted octanol–water partition coefficient (Wildman–Crippen LogP) is 4.80. The number of fused-ring (bicyclic) bond motifs is 2. The number of rotatable bonds is 4. The minimum atomic E-state index is -0.808. The zero-order valence-corrected chi connectivity index (χ0v) is 20.3. The van der Waals surface area contributed by atoms with Crippen molar-refractivity contribution in [2.75, 3.05) is 25.5 Å². The molecular formula is C25H24BrN5O3. The first-order chi connectivity index (χ1) is 16.5. The Kier molecular flexibility index (Phi) is 7.22. The van der Waals surface area contributed by atoms with E-state index in [0.29, 0.717) is 0 Å². The van der Waals surface area contributed by atoms with Gasteiger partial charge in [-0.1, -0.05) is 24.3 Å². The van der Waals surface area contributed by atoms with Crippen molar-refractivity contribution in [2.24, 2.45) is 4.99 Å². The highest BCUT2D eigenvalue weighted by Crippen LogP contribution is 2.29. The molecule has 1 aromatic heterocycles. The van der Waals surface area contributed by atoms with E-state index in [0.717, 1.165) is 62.3 Å². The van der Waals surface area contributed by atoms with Crippen LogP contribution in [0.4, 0.5) is 5.69 Å². The topological polar surface area (TPSA) is 109 Å². The van der Waals surface area contributed by atoms with Gasteiger partial charge in [0.15, 0.2) is 5.96 Å². The van der Waals surface area contributed by atoms with E-state index >= 15 is 0 Å². The number of ether oxygens (including phenoxy) is 1. The van der Waals surface area contributed by atoms with Crippen molar-refractivity contribution in [3.63, 3.8) is 0 Å². The highest BCUT2D eigenvalue weighted by Gasteiger charge is 2.14. The van der Waals surface area contributed by atoms with Crippen LogP contribution in [0.15, 0.2) is 70.4 Å². The first-order valence-corrected chi connectivity index (χ1v) is 11.5. The quantitative estimate of drug-likeness (QED) is 0.353. The van der Waals surface area contributed by atoms with E-state index in [1.807, 2.05) is 48.5 Å². The fraction of sp³-hybridized carbons (Fsp3) is 0.200. The molecule has 0 bridgehead atoms. The third-order valence-electron chi connectivity index (χ3n) is 5.45. The smallest absolute Gasteiger partial charge is 0.310 e. The summed E-state index contributed by atoms with van der Waals surface area (Å²) in [6.07, 6.45) is 3.37.